The molecule has 0 unspecified atom stereocenters. The third kappa shape index (κ3) is 2.77. The van der Waals surface area contributed by atoms with Gasteiger partial charge in [-0.25, -0.2) is 0 Å². The van der Waals surface area contributed by atoms with Crippen molar-refractivity contribution in [3.8, 4) is 0 Å². The Morgan fingerprint density at radius 2 is 2.16 bits per heavy atom. The molecule has 3 nitrogen and oxygen atoms in total. The highest BCUT2D eigenvalue weighted by atomic mass is 15.2. The van der Waals surface area contributed by atoms with Crippen molar-refractivity contribution in [2.45, 2.75) is 32.2 Å². The SMILES string of the molecule is CCN[C@@H]1CCc2cccc(N3CCNCC3)c2C1. The maximum absolute atomic E-state index is 3.62. The van der Waals surface area contributed by atoms with Crippen LogP contribution in [-0.2, 0) is 12.8 Å². The average Bonchev–Trinajstić information content (AvgIpc) is 2.48. The molecular formula is C16H25N3. The van der Waals surface area contributed by atoms with Crippen LogP contribution < -0.4 is 15.5 Å². The molecule has 0 spiro atoms. The van der Waals surface area contributed by atoms with E-state index < -0.39 is 0 Å². The molecule has 1 aromatic rings. The third-order valence-electron chi connectivity index (χ3n) is 4.41. The lowest BCUT2D eigenvalue weighted by Crippen LogP contribution is -2.44. The van der Waals surface area contributed by atoms with E-state index in [1.54, 1.807) is 11.1 Å². The molecule has 1 heterocycles. The first-order valence-corrected chi connectivity index (χ1v) is 7.68. The summed E-state index contributed by atoms with van der Waals surface area (Å²) in [6.07, 6.45) is 3.71. The van der Waals surface area contributed by atoms with E-state index in [0.29, 0.717) is 6.04 Å². The molecule has 0 bridgehead atoms. The van der Waals surface area contributed by atoms with Gasteiger partial charge in [0.05, 0.1) is 0 Å². The van der Waals surface area contributed by atoms with Crippen molar-refractivity contribution in [2.24, 2.45) is 0 Å². The number of nitrogens with one attached hydrogen (secondary N) is 2. The van der Waals surface area contributed by atoms with Crippen molar-refractivity contribution < 1.29 is 0 Å². The van der Waals surface area contributed by atoms with Gasteiger partial charge in [-0.2, -0.15) is 0 Å². The molecule has 3 rings (SSSR count). The van der Waals surface area contributed by atoms with E-state index in [0.717, 1.165) is 32.7 Å². The second kappa shape index (κ2) is 5.93. The lowest BCUT2D eigenvalue weighted by atomic mass is 9.86. The van der Waals surface area contributed by atoms with Gasteiger partial charge in [-0.15, -0.1) is 0 Å². The quantitative estimate of drug-likeness (QED) is 0.863. The van der Waals surface area contributed by atoms with Gasteiger partial charge in [-0.05, 0) is 43.0 Å². The number of hydrogen-bond donors (Lipinski definition) is 2. The maximum atomic E-state index is 3.62. The fourth-order valence-electron chi connectivity index (χ4n) is 3.43. The van der Waals surface area contributed by atoms with Crippen LogP contribution in [0.2, 0.25) is 0 Å². The summed E-state index contributed by atoms with van der Waals surface area (Å²) in [7, 11) is 0. The van der Waals surface area contributed by atoms with Gasteiger partial charge in [0.1, 0.15) is 0 Å². The van der Waals surface area contributed by atoms with Gasteiger partial charge in [0.25, 0.3) is 0 Å². The zero-order valence-electron chi connectivity index (χ0n) is 11.9. The fraction of sp³-hybridized carbons (Fsp3) is 0.625. The third-order valence-corrected chi connectivity index (χ3v) is 4.41. The summed E-state index contributed by atoms with van der Waals surface area (Å²) in [5.41, 5.74) is 4.66. The summed E-state index contributed by atoms with van der Waals surface area (Å²) >= 11 is 0. The molecule has 1 atom stereocenters. The maximum Gasteiger partial charge on any atom is 0.0403 e. The Balaban J connectivity index is 1.85. The zero-order valence-corrected chi connectivity index (χ0v) is 11.9. The monoisotopic (exact) mass is 259 g/mol. The van der Waals surface area contributed by atoms with Gasteiger partial charge >= 0.3 is 0 Å². The Morgan fingerprint density at radius 3 is 2.95 bits per heavy atom. The number of fused-ring (bicyclic) bond motifs is 1. The molecular weight excluding hydrogens is 234 g/mol. The summed E-state index contributed by atoms with van der Waals surface area (Å²) in [6.45, 7) is 7.79. The summed E-state index contributed by atoms with van der Waals surface area (Å²) < 4.78 is 0. The summed E-state index contributed by atoms with van der Waals surface area (Å²) in [6, 6.07) is 7.55. The Hall–Kier alpha value is -1.06. The van der Waals surface area contributed by atoms with Crippen molar-refractivity contribution in [3.63, 3.8) is 0 Å². The van der Waals surface area contributed by atoms with E-state index >= 15 is 0 Å². The minimum absolute atomic E-state index is 0.668. The molecule has 1 aliphatic heterocycles. The van der Waals surface area contributed by atoms with E-state index in [-0.39, 0.29) is 0 Å². The fourth-order valence-corrected chi connectivity index (χ4v) is 3.43. The van der Waals surface area contributed by atoms with Crippen LogP contribution in [0, 0.1) is 0 Å². The molecule has 1 saturated heterocycles. The Labute approximate surface area is 116 Å². The molecule has 1 aromatic carbocycles. The number of hydrogen-bond acceptors (Lipinski definition) is 3. The molecule has 0 radical (unpaired) electrons. The molecule has 2 N–H and O–H groups in total. The van der Waals surface area contributed by atoms with Crippen molar-refractivity contribution >= 4 is 5.69 Å². The van der Waals surface area contributed by atoms with Gasteiger partial charge in [-0.3, -0.25) is 0 Å². The van der Waals surface area contributed by atoms with Crippen LogP contribution in [0.15, 0.2) is 18.2 Å². The highest BCUT2D eigenvalue weighted by Crippen LogP contribution is 2.30. The predicted molar refractivity (Wildman–Crippen MR) is 81.0 cm³/mol. The largest absolute Gasteiger partial charge is 0.369 e. The van der Waals surface area contributed by atoms with Crippen LogP contribution in [0.1, 0.15) is 24.5 Å². The number of likely N-dealkylation sites (N-methyl/N-ethyl adjacent to an activating group) is 1. The second-order valence-electron chi connectivity index (χ2n) is 5.65. The molecule has 19 heavy (non-hydrogen) atoms. The summed E-state index contributed by atoms with van der Waals surface area (Å²) in [4.78, 5) is 2.56. The van der Waals surface area contributed by atoms with Gasteiger partial charge in [0.2, 0.25) is 0 Å². The molecule has 1 aliphatic carbocycles. The Kier molecular flexibility index (Phi) is 4.04. The molecule has 104 valence electrons. The van der Waals surface area contributed by atoms with Crippen molar-refractivity contribution in [2.75, 3.05) is 37.6 Å². The van der Waals surface area contributed by atoms with Crippen LogP contribution >= 0.6 is 0 Å². The first kappa shape index (κ1) is 12.9. The highest BCUT2D eigenvalue weighted by molar-refractivity contribution is 5.58. The lowest BCUT2D eigenvalue weighted by Gasteiger charge is -2.34. The van der Waals surface area contributed by atoms with Crippen LogP contribution in [-0.4, -0.2) is 38.8 Å². The van der Waals surface area contributed by atoms with Gasteiger partial charge in [0, 0.05) is 37.9 Å². The number of piperazine rings is 1. The van der Waals surface area contributed by atoms with Crippen LogP contribution in [0.5, 0.6) is 0 Å². The number of benzene rings is 1. The topological polar surface area (TPSA) is 27.3 Å². The number of aryl methyl sites for hydroxylation is 1. The minimum atomic E-state index is 0.668. The minimum Gasteiger partial charge on any atom is -0.369 e. The molecule has 0 amide bonds. The van der Waals surface area contributed by atoms with Gasteiger partial charge in [-0.1, -0.05) is 19.1 Å². The zero-order chi connectivity index (χ0) is 13.1. The highest BCUT2D eigenvalue weighted by Gasteiger charge is 2.23. The number of rotatable bonds is 3. The predicted octanol–water partition coefficient (Wildman–Crippen LogP) is 1.56. The van der Waals surface area contributed by atoms with Crippen molar-refractivity contribution in [1.29, 1.82) is 0 Å². The molecule has 0 saturated carbocycles. The van der Waals surface area contributed by atoms with Crippen LogP contribution in [0.25, 0.3) is 0 Å². The van der Waals surface area contributed by atoms with E-state index in [9.17, 15) is 0 Å². The van der Waals surface area contributed by atoms with Crippen molar-refractivity contribution in [3.05, 3.63) is 29.3 Å². The Morgan fingerprint density at radius 1 is 1.32 bits per heavy atom. The number of anilines is 1. The first-order chi connectivity index (χ1) is 9.38. The average molecular weight is 259 g/mol. The van der Waals surface area contributed by atoms with Gasteiger partial charge in [0.15, 0.2) is 0 Å². The summed E-state index contributed by atoms with van der Waals surface area (Å²) in [5, 5.41) is 7.06. The molecule has 1 fully saturated rings. The standard InChI is InChI=1S/C16H25N3/c1-2-18-14-7-6-13-4-3-5-16(15(13)12-14)19-10-8-17-9-11-19/h3-5,14,17-18H,2,6-12H2,1H3/t14-/m1/s1. The van der Waals surface area contributed by atoms with Crippen LogP contribution in [0.4, 0.5) is 5.69 Å². The van der Waals surface area contributed by atoms with E-state index in [1.807, 2.05) is 0 Å². The second-order valence-corrected chi connectivity index (χ2v) is 5.65. The first-order valence-electron chi connectivity index (χ1n) is 7.68. The van der Waals surface area contributed by atoms with Crippen LogP contribution in [0.3, 0.4) is 0 Å². The molecule has 3 heteroatoms. The lowest BCUT2D eigenvalue weighted by molar-refractivity contribution is 0.469. The van der Waals surface area contributed by atoms with Gasteiger partial charge < -0.3 is 15.5 Å². The molecule has 2 aliphatic rings. The normalized spacial score (nSPS) is 23.2. The van der Waals surface area contributed by atoms with Crippen molar-refractivity contribution in [1.82, 2.24) is 10.6 Å². The van der Waals surface area contributed by atoms with E-state index in [1.165, 1.54) is 24.9 Å². The van der Waals surface area contributed by atoms with E-state index in [4.69, 9.17) is 0 Å². The Bertz CT molecular complexity index is 424. The molecule has 0 aromatic heterocycles. The number of nitrogens with zero attached hydrogens (tertiary/aromatic N) is 1. The summed E-state index contributed by atoms with van der Waals surface area (Å²) in [5.74, 6) is 0. The smallest absolute Gasteiger partial charge is 0.0403 e. The van der Waals surface area contributed by atoms with E-state index in [2.05, 4.69) is 40.7 Å².